The molecular formula is C10H15FOS. The summed E-state index contributed by atoms with van der Waals surface area (Å²) in [5.74, 6) is -0.0690. The third kappa shape index (κ3) is 3.87. The molecule has 0 aliphatic rings. The van der Waals surface area contributed by atoms with Crippen molar-refractivity contribution in [3.63, 3.8) is 0 Å². The number of halogens is 1. The lowest BCUT2D eigenvalue weighted by molar-refractivity contribution is 0.132. The number of thiophene rings is 1. The van der Waals surface area contributed by atoms with Gasteiger partial charge in [-0.1, -0.05) is 6.92 Å². The Balaban J connectivity index is 2.10. The maximum atomic E-state index is 12.9. The predicted molar refractivity (Wildman–Crippen MR) is 53.7 cm³/mol. The standard InChI is InChI=1S/C10H15FOS/c1-2-6-12-7-3-4-10-9(11)5-8-13-10/h5,8H,2-4,6-7H2,1H3. The molecule has 74 valence electrons. The van der Waals surface area contributed by atoms with E-state index in [1.54, 1.807) is 5.38 Å². The van der Waals surface area contributed by atoms with E-state index in [9.17, 15) is 4.39 Å². The third-order valence-electron chi connectivity index (χ3n) is 1.73. The van der Waals surface area contributed by atoms with Crippen molar-refractivity contribution in [1.29, 1.82) is 0 Å². The van der Waals surface area contributed by atoms with Gasteiger partial charge < -0.3 is 4.74 Å². The van der Waals surface area contributed by atoms with Crippen LogP contribution in [0.15, 0.2) is 11.4 Å². The Morgan fingerprint density at radius 2 is 2.31 bits per heavy atom. The molecule has 1 rings (SSSR count). The van der Waals surface area contributed by atoms with Crippen molar-refractivity contribution in [2.75, 3.05) is 13.2 Å². The van der Waals surface area contributed by atoms with Crippen molar-refractivity contribution in [2.45, 2.75) is 26.2 Å². The smallest absolute Gasteiger partial charge is 0.137 e. The van der Waals surface area contributed by atoms with Gasteiger partial charge in [-0.25, -0.2) is 4.39 Å². The summed E-state index contributed by atoms with van der Waals surface area (Å²) in [5, 5.41) is 1.79. The summed E-state index contributed by atoms with van der Waals surface area (Å²) in [7, 11) is 0. The van der Waals surface area contributed by atoms with Crippen LogP contribution in [-0.4, -0.2) is 13.2 Å². The highest BCUT2D eigenvalue weighted by Crippen LogP contribution is 2.16. The van der Waals surface area contributed by atoms with Crippen molar-refractivity contribution in [2.24, 2.45) is 0 Å². The van der Waals surface area contributed by atoms with E-state index in [2.05, 4.69) is 6.92 Å². The highest BCUT2D eigenvalue weighted by Gasteiger charge is 2.01. The van der Waals surface area contributed by atoms with Gasteiger partial charge in [-0.15, -0.1) is 11.3 Å². The molecule has 0 spiro atoms. The Kier molecular flexibility index (Phi) is 5.01. The minimum atomic E-state index is -0.0690. The van der Waals surface area contributed by atoms with E-state index in [1.807, 2.05) is 0 Å². The predicted octanol–water partition coefficient (Wildman–Crippen LogP) is 3.25. The monoisotopic (exact) mass is 202 g/mol. The SMILES string of the molecule is CCCOCCCc1sccc1F. The molecule has 0 aromatic carbocycles. The average molecular weight is 202 g/mol. The first-order chi connectivity index (χ1) is 6.34. The normalized spacial score (nSPS) is 10.6. The van der Waals surface area contributed by atoms with Crippen LogP contribution in [0.5, 0.6) is 0 Å². The number of aryl methyl sites for hydroxylation is 1. The summed E-state index contributed by atoms with van der Waals surface area (Å²) in [6.45, 7) is 3.64. The molecule has 1 nitrogen and oxygen atoms in total. The fraction of sp³-hybridized carbons (Fsp3) is 0.600. The van der Waals surface area contributed by atoms with Crippen LogP contribution < -0.4 is 0 Å². The first kappa shape index (κ1) is 10.7. The summed E-state index contributed by atoms with van der Waals surface area (Å²) >= 11 is 1.48. The van der Waals surface area contributed by atoms with Gasteiger partial charge in [0.1, 0.15) is 5.82 Å². The molecule has 0 atom stereocenters. The van der Waals surface area contributed by atoms with Gasteiger partial charge in [-0.05, 0) is 30.7 Å². The lowest BCUT2D eigenvalue weighted by Gasteiger charge is -2.00. The van der Waals surface area contributed by atoms with Crippen molar-refractivity contribution >= 4 is 11.3 Å². The highest BCUT2D eigenvalue weighted by molar-refractivity contribution is 7.09. The van der Waals surface area contributed by atoms with Crippen LogP contribution in [0.3, 0.4) is 0 Å². The van der Waals surface area contributed by atoms with Crippen LogP contribution >= 0.6 is 11.3 Å². The first-order valence-electron chi connectivity index (χ1n) is 4.64. The van der Waals surface area contributed by atoms with Crippen molar-refractivity contribution in [3.05, 3.63) is 22.1 Å². The van der Waals surface area contributed by atoms with E-state index < -0.39 is 0 Å². The molecule has 0 aliphatic heterocycles. The zero-order valence-corrected chi connectivity index (χ0v) is 8.70. The van der Waals surface area contributed by atoms with Crippen molar-refractivity contribution < 1.29 is 9.13 Å². The molecule has 0 bridgehead atoms. The minimum absolute atomic E-state index is 0.0690. The molecule has 1 aromatic rings. The Hall–Kier alpha value is -0.410. The molecule has 1 aromatic heterocycles. The largest absolute Gasteiger partial charge is 0.381 e. The molecule has 0 fully saturated rings. The third-order valence-corrected chi connectivity index (χ3v) is 2.69. The first-order valence-corrected chi connectivity index (χ1v) is 5.52. The van der Waals surface area contributed by atoms with Gasteiger partial charge in [-0.3, -0.25) is 0 Å². The van der Waals surface area contributed by atoms with E-state index in [0.29, 0.717) is 0 Å². The van der Waals surface area contributed by atoms with Gasteiger partial charge in [0, 0.05) is 18.1 Å². The Bertz CT molecular complexity index is 235. The molecule has 1 heterocycles. The summed E-state index contributed by atoms with van der Waals surface area (Å²) in [6, 6.07) is 1.52. The van der Waals surface area contributed by atoms with Gasteiger partial charge in [0.25, 0.3) is 0 Å². The van der Waals surface area contributed by atoms with Crippen LogP contribution in [0.4, 0.5) is 4.39 Å². The van der Waals surface area contributed by atoms with Gasteiger partial charge in [-0.2, -0.15) is 0 Å². The van der Waals surface area contributed by atoms with Crippen LogP contribution in [-0.2, 0) is 11.2 Å². The quantitative estimate of drug-likeness (QED) is 0.643. The topological polar surface area (TPSA) is 9.23 Å². The lowest BCUT2D eigenvalue weighted by Crippen LogP contribution is -1.97. The maximum absolute atomic E-state index is 12.9. The molecule has 0 saturated heterocycles. The van der Waals surface area contributed by atoms with Crippen LogP contribution in [0, 0.1) is 5.82 Å². The highest BCUT2D eigenvalue weighted by atomic mass is 32.1. The molecule has 0 saturated carbocycles. The van der Waals surface area contributed by atoms with E-state index >= 15 is 0 Å². The van der Waals surface area contributed by atoms with Gasteiger partial charge in [0.2, 0.25) is 0 Å². The molecule has 0 N–H and O–H groups in total. The molecule has 3 heteroatoms. The molecular weight excluding hydrogens is 187 g/mol. The molecule has 0 unspecified atom stereocenters. The van der Waals surface area contributed by atoms with E-state index in [-0.39, 0.29) is 5.82 Å². The van der Waals surface area contributed by atoms with Crippen LogP contribution in [0.25, 0.3) is 0 Å². The molecule has 13 heavy (non-hydrogen) atoms. The number of rotatable bonds is 6. The fourth-order valence-electron chi connectivity index (χ4n) is 1.08. The number of hydrogen-bond donors (Lipinski definition) is 0. The van der Waals surface area contributed by atoms with Gasteiger partial charge in [0.05, 0.1) is 0 Å². The van der Waals surface area contributed by atoms with Crippen molar-refractivity contribution in [3.8, 4) is 0 Å². The number of hydrogen-bond acceptors (Lipinski definition) is 2. The van der Waals surface area contributed by atoms with E-state index in [4.69, 9.17) is 4.74 Å². The summed E-state index contributed by atoms with van der Waals surface area (Å²) in [4.78, 5) is 0.847. The second-order valence-electron chi connectivity index (χ2n) is 2.91. The zero-order chi connectivity index (χ0) is 9.52. The summed E-state index contributed by atoms with van der Waals surface area (Å²) < 4.78 is 18.2. The Morgan fingerprint density at radius 1 is 1.46 bits per heavy atom. The number of ether oxygens (including phenoxy) is 1. The van der Waals surface area contributed by atoms with Crippen LogP contribution in [0.2, 0.25) is 0 Å². The second-order valence-corrected chi connectivity index (χ2v) is 3.91. The van der Waals surface area contributed by atoms with Crippen molar-refractivity contribution in [1.82, 2.24) is 0 Å². The second kappa shape index (κ2) is 6.11. The summed E-state index contributed by atoms with van der Waals surface area (Å²) in [5.41, 5.74) is 0. The minimum Gasteiger partial charge on any atom is -0.381 e. The molecule has 0 amide bonds. The Labute approximate surface area is 82.5 Å². The summed E-state index contributed by atoms with van der Waals surface area (Å²) in [6.07, 6.45) is 2.76. The average Bonchev–Trinajstić information content (AvgIpc) is 2.52. The van der Waals surface area contributed by atoms with Crippen LogP contribution in [0.1, 0.15) is 24.6 Å². The van der Waals surface area contributed by atoms with Gasteiger partial charge in [0.15, 0.2) is 0 Å². The lowest BCUT2D eigenvalue weighted by atomic mass is 10.3. The fourth-order valence-corrected chi connectivity index (χ4v) is 1.88. The maximum Gasteiger partial charge on any atom is 0.137 e. The zero-order valence-electron chi connectivity index (χ0n) is 7.88. The molecule has 0 radical (unpaired) electrons. The Morgan fingerprint density at radius 3 is 2.92 bits per heavy atom. The van der Waals surface area contributed by atoms with E-state index in [1.165, 1.54) is 17.4 Å². The van der Waals surface area contributed by atoms with E-state index in [0.717, 1.165) is 37.4 Å². The van der Waals surface area contributed by atoms with Gasteiger partial charge >= 0.3 is 0 Å². The molecule has 0 aliphatic carbocycles.